The van der Waals surface area contributed by atoms with Gasteiger partial charge in [0.15, 0.2) is 5.82 Å². The van der Waals surface area contributed by atoms with Crippen molar-refractivity contribution in [2.24, 2.45) is 11.8 Å². The van der Waals surface area contributed by atoms with E-state index in [0.29, 0.717) is 46.5 Å². The molecule has 0 unspecified atom stereocenters. The molecule has 4 heterocycles. The Morgan fingerprint density at radius 2 is 1.87 bits per heavy atom. The summed E-state index contributed by atoms with van der Waals surface area (Å²) < 4.78 is 40.4. The Balaban J connectivity index is 0.00000169. The van der Waals surface area contributed by atoms with Gasteiger partial charge in [0.1, 0.15) is 17.4 Å². The maximum atomic E-state index is 12.9. The average Bonchev–Trinajstić information content (AvgIpc) is 3.14. The smallest absolute Gasteiger partial charge is 0.351 e. The second-order valence-corrected chi connectivity index (χ2v) is 9.75. The van der Waals surface area contributed by atoms with Crippen molar-refractivity contribution in [2.75, 3.05) is 22.6 Å². The minimum absolute atomic E-state index is 0. The third-order valence-corrected chi connectivity index (χ3v) is 6.79. The molecule has 1 saturated carbocycles. The molecule has 3 aromatic heterocycles. The van der Waals surface area contributed by atoms with Crippen LogP contribution in [0, 0.1) is 18.8 Å². The SMILES string of the molecule is C.C.Cc1nc(NC2CC(Cn3ncc4cc(C(F)(F)F)ncc43)C2)nc2c1NC(=O)[C@H](C(C)C)N2C.S. The molecule has 0 saturated heterocycles. The summed E-state index contributed by atoms with van der Waals surface area (Å²) >= 11 is 0. The van der Waals surface area contributed by atoms with Crippen molar-refractivity contribution in [2.45, 2.75) is 73.3 Å². The van der Waals surface area contributed by atoms with Gasteiger partial charge >= 0.3 is 6.18 Å². The molecule has 9 nitrogen and oxygen atoms in total. The van der Waals surface area contributed by atoms with E-state index < -0.39 is 11.9 Å². The van der Waals surface area contributed by atoms with Crippen molar-refractivity contribution in [1.29, 1.82) is 0 Å². The van der Waals surface area contributed by atoms with Crippen LogP contribution in [-0.4, -0.2) is 49.8 Å². The molecule has 1 amide bonds. The predicted molar refractivity (Wildman–Crippen MR) is 149 cm³/mol. The Morgan fingerprint density at radius 3 is 2.50 bits per heavy atom. The summed E-state index contributed by atoms with van der Waals surface area (Å²) in [7, 11) is 1.87. The topological polar surface area (TPSA) is 101 Å². The standard InChI is InChI=1S/C23H27F3N8O.2CH4.H2S/c1-11(2)19-21(35)31-18-12(3)29-22(32-20(18)33(19)4)30-15-5-13(6-15)10-34-16-9-27-17(23(24,25)26)7-14(16)8-28-34;;;/h7-9,11,13,15,19H,5-6,10H2,1-4H3,(H,31,35)(H,29,30,32);2*1H4;1H2/t13?,15?,19-;;;/m0.../s1. The minimum Gasteiger partial charge on any atom is -0.351 e. The van der Waals surface area contributed by atoms with Crippen LogP contribution in [0.15, 0.2) is 18.5 Å². The van der Waals surface area contributed by atoms with Gasteiger partial charge in [0.2, 0.25) is 11.9 Å². The number of halogens is 3. The fourth-order valence-electron chi connectivity index (χ4n) is 4.99. The number of amides is 1. The summed E-state index contributed by atoms with van der Waals surface area (Å²) in [5.41, 5.74) is 1.01. The van der Waals surface area contributed by atoms with E-state index in [0.717, 1.165) is 18.9 Å². The number of hydrogen-bond donors (Lipinski definition) is 2. The molecule has 1 fully saturated rings. The highest BCUT2D eigenvalue weighted by molar-refractivity contribution is 7.59. The van der Waals surface area contributed by atoms with Gasteiger partial charge in [-0.1, -0.05) is 28.7 Å². The summed E-state index contributed by atoms with van der Waals surface area (Å²) in [5, 5.41) is 11.0. The molecule has 210 valence electrons. The van der Waals surface area contributed by atoms with E-state index in [1.807, 2.05) is 32.7 Å². The number of carbonyl (C=O) groups is 1. The first-order chi connectivity index (χ1) is 16.5. The number of rotatable bonds is 5. The molecule has 13 heteroatoms. The lowest BCUT2D eigenvalue weighted by molar-refractivity contribution is -0.141. The third-order valence-electron chi connectivity index (χ3n) is 6.79. The van der Waals surface area contributed by atoms with Crippen LogP contribution in [0.4, 0.5) is 30.6 Å². The lowest BCUT2D eigenvalue weighted by atomic mass is 9.80. The Kier molecular flexibility index (Phi) is 9.29. The molecule has 0 aromatic carbocycles. The number of alkyl halides is 3. The van der Waals surface area contributed by atoms with E-state index in [1.54, 1.807) is 4.68 Å². The van der Waals surface area contributed by atoms with Crippen LogP contribution in [0.1, 0.15) is 52.9 Å². The monoisotopic (exact) mass is 554 g/mol. The number of hydrogen-bond acceptors (Lipinski definition) is 7. The molecule has 1 aliphatic heterocycles. The number of aromatic nitrogens is 5. The predicted octanol–water partition coefficient (Wildman–Crippen LogP) is 5.24. The van der Waals surface area contributed by atoms with Gasteiger partial charge in [-0.15, -0.1) is 0 Å². The highest BCUT2D eigenvalue weighted by atomic mass is 32.1. The molecule has 2 N–H and O–H groups in total. The number of likely N-dealkylation sites (N-methyl/N-ethyl adjacent to an activating group) is 1. The Hall–Kier alpha value is -3.09. The zero-order chi connectivity index (χ0) is 25.1. The van der Waals surface area contributed by atoms with Gasteiger partial charge < -0.3 is 15.5 Å². The molecule has 0 spiro atoms. The maximum Gasteiger partial charge on any atom is 0.433 e. The quantitative estimate of drug-likeness (QED) is 0.445. The van der Waals surface area contributed by atoms with Crippen molar-refractivity contribution in [1.82, 2.24) is 24.7 Å². The number of aryl methyl sites for hydroxylation is 1. The second-order valence-electron chi connectivity index (χ2n) is 9.75. The van der Waals surface area contributed by atoms with Gasteiger partial charge in [0.05, 0.1) is 23.6 Å². The number of nitrogens with zero attached hydrogens (tertiary/aromatic N) is 6. The fourth-order valence-corrected chi connectivity index (χ4v) is 4.99. The first kappa shape index (κ1) is 31.1. The van der Waals surface area contributed by atoms with E-state index in [2.05, 4.69) is 30.7 Å². The molecule has 1 aliphatic carbocycles. The molecule has 1 atom stereocenters. The van der Waals surface area contributed by atoms with E-state index in [1.165, 1.54) is 12.4 Å². The lowest BCUT2D eigenvalue weighted by Gasteiger charge is -2.38. The molecule has 0 radical (unpaired) electrons. The number of pyridine rings is 1. The van der Waals surface area contributed by atoms with Gasteiger partial charge in [-0.25, -0.2) is 9.97 Å². The lowest BCUT2D eigenvalue weighted by Crippen LogP contribution is -2.50. The zero-order valence-electron chi connectivity index (χ0n) is 20.4. The van der Waals surface area contributed by atoms with Crippen LogP contribution in [0.2, 0.25) is 0 Å². The molecule has 5 rings (SSSR count). The Morgan fingerprint density at radius 1 is 1.18 bits per heavy atom. The van der Waals surface area contributed by atoms with E-state index in [-0.39, 0.29) is 52.3 Å². The van der Waals surface area contributed by atoms with E-state index in [4.69, 9.17) is 0 Å². The van der Waals surface area contributed by atoms with Crippen LogP contribution in [0.3, 0.4) is 0 Å². The maximum absolute atomic E-state index is 12.9. The molecule has 38 heavy (non-hydrogen) atoms. The summed E-state index contributed by atoms with van der Waals surface area (Å²) in [6.45, 7) is 6.45. The average molecular weight is 555 g/mol. The molecular formula is C25H37F3N8OS. The summed E-state index contributed by atoms with van der Waals surface area (Å²) in [4.78, 5) is 27.2. The Bertz CT molecular complexity index is 1290. The molecule has 2 aliphatic rings. The van der Waals surface area contributed by atoms with Gasteiger partial charge in [-0.2, -0.15) is 36.7 Å². The zero-order valence-corrected chi connectivity index (χ0v) is 21.4. The van der Waals surface area contributed by atoms with Gasteiger partial charge in [0, 0.05) is 25.0 Å². The van der Waals surface area contributed by atoms with Crippen molar-refractivity contribution in [3.8, 4) is 0 Å². The third kappa shape index (κ3) is 5.67. The fraction of sp³-hybridized carbons (Fsp3) is 0.560. The Labute approximate surface area is 228 Å². The van der Waals surface area contributed by atoms with E-state index in [9.17, 15) is 18.0 Å². The van der Waals surface area contributed by atoms with Crippen molar-refractivity contribution < 1.29 is 18.0 Å². The number of nitrogens with one attached hydrogen (secondary N) is 2. The first-order valence-corrected chi connectivity index (χ1v) is 11.6. The summed E-state index contributed by atoms with van der Waals surface area (Å²) in [6.07, 6.45) is -0.0738. The van der Waals surface area contributed by atoms with Crippen molar-refractivity contribution in [3.63, 3.8) is 0 Å². The highest BCUT2D eigenvalue weighted by Crippen LogP contribution is 2.36. The van der Waals surface area contributed by atoms with Crippen LogP contribution >= 0.6 is 13.5 Å². The molecule has 0 bridgehead atoms. The summed E-state index contributed by atoms with van der Waals surface area (Å²) in [5.74, 6) is 1.61. The van der Waals surface area contributed by atoms with Gasteiger partial charge in [0.25, 0.3) is 0 Å². The van der Waals surface area contributed by atoms with E-state index >= 15 is 0 Å². The largest absolute Gasteiger partial charge is 0.433 e. The van der Waals surface area contributed by atoms with Crippen molar-refractivity contribution in [3.05, 3.63) is 29.8 Å². The van der Waals surface area contributed by atoms with Crippen LogP contribution < -0.4 is 15.5 Å². The molecule has 3 aromatic rings. The second kappa shape index (κ2) is 11.3. The van der Waals surface area contributed by atoms with Crippen LogP contribution in [0.25, 0.3) is 10.9 Å². The normalized spacial score (nSPS) is 20.5. The highest BCUT2D eigenvalue weighted by Gasteiger charge is 2.37. The number of fused-ring (bicyclic) bond motifs is 2. The van der Waals surface area contributed by atoms with Gasteiger partial charge in [-0.05, 0) is 37.7 Å². The summed E-state index contributed by atoms with van der Waals surface area (Å²) in [6, 6.07) is 0.908. The number of carbonyl (C=O) groups excluding carboxylic acids is 1. The first-order valence-electron chi connectivity index (χ1n) is 11.6. The van der Waals surface area contributed by atoms with Gasteiger partial charge in [-0.3, -0.25) is 9.48 Å². The number of anilines is 3. The van der Waals surface area contributed by atoms with Crippen LogP contribution in [-0.2, 0) is 17.5 Å². The molecular weight excluding hydrogens is 517 g/mol. The van der Waals surface area contributed by atoms with Crippen LogP contribution in [0.5, 0.6) is 0 Å². The van der Waals surface area contributed by atoms with Crippen molar-refractivity contribution >= 4 is 47.8 Å². The minimum atomic E-state index is -4.48.